The SMILES string of the molecule is Cc1ccc(C(C)NC(=O)C2C3CCC(C3)C2N)s1. The van der Waals surface area contributed by atoms with Crippen LogP contribution in [0, 0.1) is 24.7 Å². The first-order valence-corrected chi connectivity index (χ1v) is 8.00. The van der Waals surface area contributed by atoms with Crippen molar-refractivity contribution in [2.24, 2.45) is 23.5 Å². The van der Waals surface area contributed by atoms with Gasteiger partial charge in [-0.15, -0.1) is 11.3 Å². The zero-order valence-corrected chi connectivity index (χ0v) is 12.4. The van der Waals surface area contributed by atoms with Gasteiger partial charge in [0.15, 0.2) is 0 Å². The van der Waals surface area contributed by atoms with Crippen molar-refractivity contribution in [1.29, 1.82) is 0 Å². The van der Waals surface area contributed by atoms with Crippen LogP contribution in [0.5, 0.6) is 0 Å². The smallest absolute Gasteiger partial charge is 0.225 e. The average Bonchev–Trinajstić information content (AvgIpc) is 3.03. The average molecular weight is 278 g/mol. The minimum Gasteiger partial charge on any atom is -0.348 e. The zero-order chi connectivity index (χ0) is 13.6. The van der Waals surface area contributed by atoms with E-state index in [0.717, 1.165) is 6.42 Å². The van der Waals surface area contributed by atoms with Crippen LogP contribution in [0.2, 0.25) is 0 Å². The van der Waals surface area contributed by atoms with Gasteiger partial charge in [-0.3, -0.25) is 4.79 Å². The van der Waals surface area contributed by atoms with E-state index in [1.807, 2.05) is 0 Å². The Morgan fingerprint density at radius 2 is 2.16 bits per heavy atom. The second kappa shape index (κ2) is 4.91. The number of nitrogens with one attached hydrogen (secondary N) is 1. The summed E-state index contributed by atoms with van der Waals surface area (Å²) >= 11 is 1.75. The maximum atomic E-state index is 12.4. The quantitative estimate of drug-likeness (QED) is 0.893. The maximum Gasteiger partial charge on any atom is 0.225 e. The second-order valence-electron chi connectivity index (χ2n) is 6.12. The number of thiophene rings is 1. The maximum absolute atomic E-state index is 12.4. The van der Waals surface area contributed by atoms with E-state index in [0.29, 0.717) is 11.8 Å². The van der Waals surface area contributed by atoms with Crippen LogP contribution in [0.3, 0.4) is 0 Å². The molecule has 1 aromatic rings. The van der Waals surface area contributed by atoms with Gasteiger partial charge >= 0.3 is 0 Å². The number of nitrogens with two attached hydrogens (primary N) is 1. The third-order valence-electron chi connectivity index (χ3n) is 4.83. The molecular weight excluding hydrogens is 256 g/mol. The van der Waals surface area contributed by atoms with Gasteiger partial charge in [0, 0.05) is 15.8 Å². The normalized spacial score (nSPS) is 34.5. The summed E-state index contributed by atoms with van der Waals surface area (Å²) in [6.07, 6.45) is 3.56. The van der Waals surface area contributed by atoms with Crippen molar-refractivity contribution in [3.63, 3.8) is 0 Å². The molecule has 19 heavy (non-hydrogen) atoms. The molecule has 3 nitrogen and oxygen atoms in total. The molecular formula is C15H22N2OS. The standard InChI is InChI=1S/C15H22N2OS/c1-8-3-6-12(19-8)9(2)17-15(18)13-10-4-5-11(7-10)14(13)16/h3,6,9-11,13-14H,4-5,7,16H2,1-2H3,(H,17,18). The molecule has 0 radical (unpaired) electrons. The van der Waals surface area contributed by atoms with Crippen molar-refractivity contribution >= 4 is 17.2 Å². The summed E-state index contributed by atoms with van der Waals surface area (Å²) in [6.45, 7) is 4.15. The molecule has 1 aromatic heterocycles. The minimum absolute atomic E-state index is 0.0438. The lowest BCUT2D eigenvalue weighted by Gasteiger charge is -2.28. The first kappa shape index (κ1) is 13.1. The molecule has 2 aliphatic carbocycles. The highest BCUT2D eigenvalue weighted by molar-refractivity contribution is 7.12. The van der Waals surface area contributed by atoms with Gasteiger partial charge in [0.1, 0.15) is 0 Å². The molecule has 2 saturated carbocycles. The fourth-order valence-electron chi connectivity index (χ4n) is 3.79. The van der Waals surface area contributed by atoms with Crippen molar-refractivity contribution in [3.8, 4) is 0 Å². The van der Waals surface area contributed by atoms with E-state index >= 15 is 0 Å². The van der Waals surface area contributed by atoms with Gasteiger partial charge in [-0.2, -0.15) is 0 Å². The van der Waals surface area contributed by atoms with Crippen LogP contribution in [-0.2, 0) is 4.79 Å². The number of amides is 1. The molecule has 0 saturated heterocycles. The predicted molar refractivity (Wildman–Crippen MR) is 77.9 cm³/mol. The van der Waals surface area contributed by atoms with Crippen LogP contribution >= 0.6 is 11.3 Å². The summed E-state index contributed by atoms with van der Waals surface area (Å²) in [5.41, 5.74) is 6.23. The Labute approximate surface area is 118 Å². The Morgan fingerprint density at radius 3 is 2.74 bits per heavy atom. The van der Waals surface area contributed by atoms with Crippen molar-refractivity contribution < 1.29 is 4.79 Å². The molecule has 2 fully saturated rings. The fraction of sp³-hybridized carbons (Fsp3) is 0.667. The lowest BCUT2D eigenvalue weighted by Crippen LogP contribution is -2.45. The number of fused-ring (bicyclic) bond motifs is 2. The summed E-state index contributed by atoms with van der Waals surface area (Å²) in [5, 5.41) is 3.16. The summed E-state index contributed by atoms with van der Waals surface area (Å²) < 4.78 is 0. The van der Waals surface area contributed by atoms with Crippen LogP contribution in [0.4, 0.5) is 0 Å². The topological polar surface area (TPSA) is 55.1 Å². The lowest BCUT2D eigenvalue weighted by atomic mass is 9.84. The van der Waals surface area contributed by atoms with Crippen LogP contribution in [0.1, 0.15) is 42.0 Å². The summed E-state index contributed by atoms with van der Waals surface area (Å²) in [5.74, 6) is 1.32. The number of hydrogen-bond acceptors (Lipinski definition) is 3. The molecule has 1 amide bonds. The van der Waals surface area contributed by atoms with E-state index in [-0.39, 0.29) is 23.9 Å². The molecule has 3 rings (SSSR count). The number of carbonyl (C=O) groups excluding carboxylic acids is 1. The summed E-state index contributed by atoms with van der Waals surface area (Å²) in [7, 11) is 0. The highest BCUT2D eigenvalue weighted by atomic mass is 32.1. The van der Waals surface area contributed by atoms with Gasteiger partial charge in [0.2, 0.25) is 5.91 Å². The molecule has 4 heteroatoms. The summed E-state index contributed by atoms with van der Waals surface area (Å²) in [4.78, 5) is 15.0. The molecule has 0 aromatic carbocycles. The van der Waals surface area contributed by atoms with Crippen LogP contribution in [0.15, 0.2) is 12.1 Å². The molecule has 0 aliphatic heterocycles. The Hall–Kier alpha value is -0.870. The largest absolute Gasteiger partial charge is 0.348 e. The Balaban J connectivity index is 1.65. The summed E-state index contributed by atoms with van der Waals surface area (Å²) in [6, 6.07) is 4.38. The van der Waals surface area contributed by atoms with Gasteiger partial charge < -0.3 is 11.1 Å². The molecule has 5 atom stereocenters. The number of aryl methyl sites for hydroxylation is 1. The fourth-order valence-corrected chi connectivity index (χ4v) is 4.67. The molecule has 2 bridgehead atoms. The van der Waals surface area contributed by atoms with E-state index in [4.69, 9.17) is 5.73 Å². The molecule has 0 spiro atoms. The molecule has 5 unspecified atom stereocenters. The zero-order valence-electron chi connectivity index (χ0n) is 11.6. The minimum atomic E-state index is 0.0438. The van der Waals surface area contributed by atoms with Crippen molar-refractivity contribution in [1.82, 2.24) is 5.32 Å². The van der Waals surface area contributed by atoms with E-state index in [2.05, 4.69) is 31.3 Å². The second-order valence-corrected chi connectivity index (χ2v) is 7.43. The van der Waals surface area contributed by atoms with Gasteiger partial charge in [-0.05, 0) is 57.1 Å². The predicted octanol–water partition coefficient (Wildman–Crippen LogP) is 2.61. The van der Waals surface area contributed by atoms with Crippen molar-refractivity contribution in [2.45, 2.75) is 45.2 Å². The van der Waals surface area contributed by atoms with Crippen molar-refractivity contribution in [2.75, 3.05) is 0 Å². The Morgan fingerprint density at radius 1 is 1.42 bits per heavy atom. The van der Waals surface area contributed by atoms with Crippen LogP contribution in [-0.4, -0.2) is 11.9 Å². The third kappa shape index (κ3) is 2.32. The van der Waals surface area contributed by atoms with Gasteiger partial charge in [-0.25, -0.2) is 0 Å². The number of rotatable bonds is 3. The van der Waals surface area contributed by atoms with Gasteiger partial charge in [0.05, 0.1) is 12.0 Å². The third-order valence-corrected chi connectivity index (χ3v) is 6.01. The monoisotopic (exact) mass is 278 g/mol. The Bertz CT molecular complexity index is 482. The van der Waals surface area contributed by atoms with Gasteiger partial charge in [-0.1, -0.05) is 0 Å². The van der Waals surface area contributed by atoms with Gasteiger partial charge in [0.25, 0.3) is 0 Å². The van der Waals surface area contributed by atoms with E-state index < -0.39 is 0 Å². The van der Waals surface area contributed by atoms with E-state index in [1.165, 1.54) is 22.6 Å². The molecule has 1 heterocycles. The lowest BCUT2D eigenvalue weighted by molar-refractivity contribution is -0.127. The first-order chi connectivity index (χ1) is 9.06. The molecule has 3 N–H and O–H groups in total. The van der Waals surface area contributed by atoms with Crippen molar-refractivity contribution in [3.05, 3.63) is 21.9 Å². The molecule has 104 valence electrons. The molecule has 2 aliphatic rings. The number of carbonyl (C=O) groups is 1. The first-order valence-electron chi connectivity index (χ1n) is 7.18. The van der Waals surface area contributed by atoms with E-state index in [1.54, 1.807) is 11.3 Å². The number of hydrogen-bond donors (Lipinski definition) is 2. The highest BCUT2D eigenvalue weighted by Gasteiger charge is 2.49. The highest BCUT2D eigenvalue weighted by Crippen LogP contribution is 2.47. The van der Waals surface area contributed by atoms with Crippen LogP contribution < -0.4 is 11.1 Å². The van der Waals surface area contributed by atoms with E-state index in [9.17, 15) is 4.79 Å². The Kier molecular flexibility index (Phi) is 3.39. The van der Waals surface area contributed by atoms with Crippen LogP contribution in [0.25, 0.3) is 0 Å².